The van der Waals surface area contributed by atoms with Gasteiger partial charge >= 0.3 is 0 Å². The second-order valence-electron chi connectivity index (χ2n) is 0.823. The lowest BCUT2D eigenvalue weighted by Crippen LogP contribution is -1.92. The Bertz CT molecular complexity index is 44.8. The van der Waals surface area contributed by atoms with E-state index in [0.717, 1.165) is 0 Å². The SMILES string of the molecule is C=CC(Cl)OC. The molecule has 0 radical (unpaired) electrons. The topological polar surface area (TPSA) is 9.23 Å². The summed E-state index contributed by atoms with van der Waals surface area (Å²) in [7, 11) is 1.53. The maximum absolute atomic E-state index is 5.31. The number of hydrogen-bond acceptors (Lipinski definition) is 1. The van der Waals surface area contributed by atoms with E-state index < -0.39 is 0 Å². The smallest absolute Gasteiger partial charge is 0.149 e. The van der Waals surface area contributed by atoms with Crippen LogP contribution in [0.1, 0.15) is 0 Å². The number of hydrogen-bond donors (Lipinski definition) is 0. The molecule has 1 atom stereocenters. The summed E-state index contributed by atoms with van der Waals surface area (Å²) in [6, 6.07) is 0. The van der Waals surface area contributed by atoms with Gasteiger partial charge in [-0.25, -0.2) is 0 Å². The number of rotatable bonds is 2. The van der Waals surface area contributed by atoms with Crippen LogP contribution in [0.4, 0.5) is 0 Å². The first-order valence-electron chi connectivity index (χ1n) is 1.60. The third kappa shape index (κ3) is 2.24. The zero-order valence-corrected chi connectivity index (χ0v) is 4.40. The maximum atomic E-state index is 5.31. The number of alkyl halides is 1. The Morgan fingerprint density at radius 1 is 2.00 bits per heavy atom. The van der Waals surface area contributed by atoms with Gasteiger partial charge in [0.05, 0.1) is 0 Å². The minimum Gasteiger partial charge on any atom is -0.362 e. The lowest BCUT2D eigenvalue weighted by atomic mass is 10.7. The molecule has 0 spiro atoms. The highest BCUT2D eigenvalue weighted by Crippen LogP contribution is 1.93. The third-order valence-corrected chi connectivity index (χ3v) is 0.767. The highest BCUT2D eigenvalue weighted by molar-refractivity contribution is 6.20. The van der Waals surface area contributed by atoms with Gasteiger partial charge in [0, 0.05) is 7.11 Å². The van der Waals surface area contributed by atoms with E-state index in [1.807, 2.05) is 0 Å². The van der Waals surface area contributed by atoms with Crippen LogP contribution in [-0.2, 0) is 4.74 Å². The van der Waals surface area contributed by atoms with Crippen LogP contribution in [0.15, 0.2) is 12.7 Å². The minimum atomic E-state index is -0.329. The molecule has 0 aliphatic heterocycles. The van der Waals surface area contributed by atoms with Crippen LogP contribution in [0.25, 0.3) is 0 Å². The Kier molecular flexibility index (Phi) is 3.19. The zero-order chi connectivity index (χ0) is 4.99. The summed E-state index contributed by atoms with van der Waals surface area (Å²) in [6.07, 6.45) is 1.52. The molecule has 36 valence electrons. The highest BCUT2D eigenvalue weighted by Gasteiger charge is 1.86. The lowest BCUT2D eigenvalue weighted by Gasteiger charge is -1.94. The molecule has 0 N–H and O–H groups in total. The molecule has 0 saturated heterocycles. The Hall–Kier alpha value is -0.0100. The van der Waals surface area contributed by atoms with Crippen molar-refractivity contribution in [3.05, 3.63) is 12.7 Å². The third-order valence-electron chi connectivity index (χ3n) is 0.410. The summed E-state index contributed by atoms with van der Waals surface area (Å²) < 4.78 is 4.55. The van der Waals surface area contributed by atoms with Crippen LogP contribution in [-0.4, -0.2) is 12.7 Å². The fourth-order valence-electron chi connectivity index (χ4n) is 0.0962. The molecular formula is C4H7ClO. The molecule has 1 nitrogen and oxygen atoms in total. The van der Waals surface area contributed by atoms with Crippen molar-refractivity contribution in [2.75, 3.05) is 7.11 Å². The summed E-state index contributed by atoms with van der Waals surface area (Å²) in [5.41, 5.74) is -0.329. The van der Waals surface area contributed by atoms with Gasteiger partial charge in [-0.3, -0.25) is 0 Å². The van der Waals surface area contributed by atoms with E-state index in [-0.39, 0.29) is 5.56 Å². The Morgan fingerprint density at radius 3 is 2.50 bits per heavy atom. The zero-order valence-electron chi connectivity index (χ0n) is 3.65. The van der Waals surface area contributed by atoms with Crippen molar-refractivity contribution in [2.24, 2.45) is 0 Å². The van der Waals surface area contributed by atoms with Gasteiger partial charge in [-0.2, -0.15) is 0 Å². The first-order chi connectivity index (χ1) is 2.81. The molecule has 0 aromatic carbocycles. The molecular weight excluding hydrogens is 99.5 g/mol. The van der Waals surface area contributed by atoms with Gasteiger partial charge in [-0.1, -0.05) is 18.2 Å². The molecule has 0 amide bonds. The fraction of sp³-hybridized carbons (Fsp3) is 0.500. The number of halogens is 1. The highest BCUT2D eigenvalue weighted by atomic mass is 35.5. The monoisotopic (exact) mass is 106 g/mol. The van der Waals surface area contributed by atoms with Crippen molar-refractivity contribution in [1.82, 2.24) is 0 Å². The van der Waals surface area contributed by atoms with E-state index in [1.165, 1.54) is 13.2 Å². The minimum absolute atomic E-state index is 0.329. The van der Waals surface area contributed by atoms with Crippen molar-refractivity contribution in [2.45, 2.75) is 5.56 Å². The number of methoxy groups -OCH3 is 1. The first-order valence-corrected chi connectivity index (χ1v) is 2.04. The number of ether oxygens (including phenoxy) is 1. The quantitative estimate of drug-likeness (QED) is 0.382. The van der Waals surface area contributed by atoms with Crippen LogP contribution in [0, 0.1) is 0 Å². The van der Waals surface area contributed by atoms with E-state index >= 15 is 0 Å². The van der Waals surface area contributed by atoms with Crippen LogP contribution in [0.5, 0.6) is 0 Å². The van der Waals surface area contributed by atoms with Crippen LogP contribution < -0.4 is 0 Å². The van der Waals surface area contributed by atoms with E-state index in [2.05, 4.69) is 11.3 Å². The summed E-state index contributed by atoms with van der Waals surface area (Å²) in [4.78, 5) is 0. The standard InChI is InChI=1S/C4H7ClO/c1-3-4(5)6-2/h3-4H,1H2,2H3. The lowest BCUT2D eigenvalue weighted by molar-refractivity contribution is 0.202. The van der Waals surface area contributed by atoms with Crippen molar-refractivity contribution in [3.8, 4) is 0 Å². The van der Waals surface area contributed by atoms with Gasteiger partial charge in [0.25, 0.3) is 0 Å². The summed E-state index contributed by atoms with van der Waals surface area (Å²) in [5, 5.41) is 0. The van der Waals surface area contributed by atoms with Gasteiger partial charge in [-0.05, 0) is 6.08 Å². The van der Waals surface area contributed by atoms with Gasteiger partial charge in [0.15, 0.2) is 0 Å². The van der Waals surface area contributed by atoms with Crippen LogP contribution >= 0.6 is 11.6 Å². The molecule has 0 bridgehead atoms. The predicted molar refractivity (Wildman–Crippen MR) is 26.8 cm³/mol. The van der Waals surface area contributed by atoms with E-state index in [1.54, 1.807) is 0 Å². The predicted octanol–water partition coefficient (Wildman–Crippen LogP) is 1.38. The van der Waals surface area contributed by atoms with Crippen LogP contribution in [0.3, 0.4) is 0 Å². The molecule has 0 aliphatic rings. The summed E-state index contributed by atoms with van der Waals surface area (Å²) in [5.74, 6) is 0. The van der Waals surface area contributed by atoms with Crippen LogP contribution in [0.2, 0.25) is 0 Å². The van der Waals surface area contributed by atoms with Crippen molar-refractivity contribution in [1.29, 1.82) is 0 Å². The van der Waals surface area contributed by atoms with E-state index in [0.29, 0.717) is 0 Å². The molecule has 0 aromatic rings. The maximum Gasteiger partial charge on any atom is 0.149 e. The van der Waals surface area contributed by atoms with E-state index in [4.69, 9.17) is 11.6 Å². The molecule has 0 heterocycles. The van der Waals surface area contributed by atoms with Gasteiger partial charge < -0.3 is 4.74 Å². The molecule has 6 heavy (non-hydrogen) atoms. The second-order valence-corrected chi connectivity index (χ2v) is 1.25. The molecule has 0 saturated carbocycles. The largest absolute Gasteiger partial charge is 0.362 e. The van der Waals surface area contributed by atoms with Crippen molar-refractivity contribution >= 4 is 11.6 Å². The average molecular weight is 107 g/mol. The molecule has 0 fully saturated rings. The second kappa shape index (κ2) is 3.19. The Morgan fingerprint density at radius 2 is 2.50 bits per heavy atom. The summed E-state index contributed by atoms with van der Waals surface area (Å²) >= 11 is 5.31. The summed E-state index contributed by atoms with van der Waals surface area (Å²) in [6.45, 7) is 3.37. The average Bonchev–Trinajstić information content (AvgIpc) is 1.65. The molecule has 0 rings (SSSR count). The fourth-order valence-corrected chi connectivity index (χ4v) is 0.0962. The molecule has 1 unspecified atom stereocenters. The van der Waals surface area contributed by atoms with E-state index in [9.17, 15) is 0 Å². The van der Waals surface area contributed by atoms with Crippen molar-refractivity contribution < 1.29 is 4.74 Å². The van der Waals surface area contributed by atoms with Gasteiger partial charge in [0.1, 0.15) is 5.56 Å². The van der Waals surface area contributed by atoms with Crippen molar-refractivity contribution in [3.63, 3.8) is 0 Å². The Labute approximate surface area is 42.6 Å². The van der Waals surface area contributed by atoms with Gasteiger partial charge in [-0.15, -0.1) is 0 Å². The van der Waals surface area contributed by atoms with Gasteiger partial charge in [0.2, 0.25) is 0 Å². The first kappa shape index (κ1) is 5.99. The Balaban J connectivity index is 2.96. The molecule has 0 aliphatic carbocycles. The molecule has 0 aromatic heterocycles. The molecule has 2 heteroatoms. The normalized spacial score (nSPS) is 13.7.